The fourth-order valence-electron chi connectivity index (χ4n) is 2.83. The zero-order valence-electron chi connectivity index (χ0n) is 16.2. The molecule has 4 rings (SSSR count). The van der Waals surface area contributed by atoms with Crippen molar-refractivity contribution in [1.82, 2.24) is 15.0 Å². The number of anilines is 1. The van der Waals surface area contributed by atoms with E-state index in [4.69, 9.17) is 4.74 Å². The Bertz CT molecular complexity index is 1220. The molecule has 2 aromatic heterocycles. The Morgan fingerprint density at radius 3 is 2.16 bits per heavy atom. The predicted octanol–water partition coefficient (Wildman–Crippen LogP) is 5.67. The summed E-state index contributed by atoms with van der Waals surface area (Å²) in [5.74, 6) is -1.68. The van der Waals surface area contributed by atoms with Crippen LogP contribution in [-0.4, -0.2) is 20.9 Å². The number of aromatic nitrogens is 3. The molecule has 10 heteroatoms. The first-order valence-electron chi connectivity index (χ1n) is 9.22. The highest BCUT2D eigenvalue weighted by Gasteiger charge is 2.37. The van der Waals surface area contributed by atoms with Crippen molar-refractivity contribution in [3.63, 3.8) is 0 Å². The standard InChI is InChI=1S/C22H14F4N4O2/c23-14-3-1-13(2-4-14)18-19(30-21(29-18)22(24,25)26)20(31)28-15-5-7-16(8-6-15)32-17-9-11-27-12-10-17/h1-12H,(H,28,31)(H,29,30). The lowest BCUT2D eigenvalue weighted by atomic mass is 10.1. The predicted molar refractivity (Wildman–Crippen MR) is 108 cm³/mol. The van der Waals surface area contributed by atoms with Gasteiger partial charge in [-0.1, -0.05) is 0 Å². The van der Waals surface area contributed by atoms with E-state index >= 15 is 0 Å². The summed E-state index contributed by atoms with van der Waals surface area (Å²) in [4.78, 5) is 22.2. The third-order valence-corrected chi connectivity index (χ3v) is 4.31. The van der Waals surface area contributed by atoms with Gasteiger partial charge in [-0.05, 0) is 60.7 Å². The van der Waals surface area contributed by atoms with E-state index in [2.05, 4.69) is 15.3 Å². The average molecular weight is 442 g/mol. The second-order valence-corrected chi connectivity index (χ2v) is 6.58. The summed E-state index contributed by atoms with van der Waals surface area (Å²) in [6.45, 7) is 0. The van der Waals surface area contributed by atoms with E-state index < -0.39 is 29.4 Å². The molecule has 0 fully saturated rings. The molecular weight excluding hydrogens is 428 g/mol. The lowest BCUT2D eigenvalue weighted by Gasteiger charge is -2.08. The SMILES string of the molecule is O=C(Nc1ccc(Oc2ccncc2)cc1)c1[nH]c(C(F)(F)F)nc1-c1ccc(F)cc1. The molecule has 0 unspecified atom stereocenters. The van der Waals surface area contributed by atoms with Gasteiger partial charge in [0.1, 0.15) is 28.7 Å². The molecule has 0 bridgehead atoms. The number of hydrogen-bond donors (Lipinski definition) is 2. The molecule has 2 aromatic carbocycles. The maximum absolute atomic E-state index is 13.2. The Morgan fingerprint density at radius 1 is 0.906 bits per heavy atom. The smallest absolute Gasteiger partial charge is 0.449 e. The van der Waals surface area contributed by atoms with Gasteiger partial charge in [-0.25, -0.2) is 9.37 Å². The number of halogens is 4. The summed E-state index contributed by atoms with van der Waals surface area (Å²) in [6.07, 6.45) is -1.65. The van der Waals surface area contributed by atoms with Crippen LogP contribution in [0.1, 0.15) is 16.3 Å². The molecule has 0 saturated heterocycles. The number of H-pyrrole nitrogens is 1. The van der Waals surface area contributed by atoms with E-state index in [1.807, 2.05) is 4.98 Å². The van der Waals surface area contributed by atoms with Crippen LogP contribution in [0.5, 0.6) is 11.5 Å². The first-order chi connectivity index (χ1) is 15.3. The van der Waals surface area contributed by atoms with Gasteiger partial charge in [0.25, 0.3) is 5.91 Å². The lowest BCUT2D eigenvalue weighted by Crippen LogP contribution is -2.14. The lowest BCUT2D eigenvalue weighted by molar-refractivity contribution is -0.144. The van der Waals surface area contributed by atoms with Crippen molar-refractivity contribution in [2.75, 3.05) is 5.32 Å². The van der Waals surface area contributed by atoms with Gasteiger partial charge in [0.15, 0.2) is 0 Å². The van der Waals surface area contributed by atoms with Gasteiger partial charge >= 0.3 is 6.18 Å². The normalized spacial score (nSPS) is 11.2. The second-order valence-electron chi connectivity index (χ2n) is 6.58. The number of pyridine rings is 1. The number of imidazole rings is 1. The minimum atomic E-state index is -4.79. The topological polar surface area (TPSA) is 79.9 Å². The van der Waals surface area contributed by atoms with Crippen LogP contribution in [0.3, 0.4) is 0 Å². The highest BCUT2D eigenvalue weighted by Crippen LogP contribution is 2.32. The fraction of sp³-hybridized carbons (Fsp3) is 0.0455. The molecule has 6 nitrogen and oxygen atoms in total. The van der Waals surface area contributed by atoms with Crippen molar-refractivity contribution >= 4 is 11.6 Å². The third kappa shape index (κ3) is 4.75. The molecule has 0 aliphatic carbocycles. The summed E-state index contributed by atoms with van der Waals surface area (Å²) < 4.78 is 58.4. The van der Waals surface area contributed by atoms with Crippen LogP contribution < -0.4 is 10.1 Å². The zero-order valence-corrected chi connectivity index (χ0v) is 16.2. The molecule has 2 N–H and O–H groups in total. The number of alkyl halides is 3. The minimum absolute atomic E-state index is 0.157. The van der Waals surface area contributed by atoms with E-state index in [0.29, 0.717) is 17.2 Å². The molecule has 4 aromatic rings. The molecule has 0 saturated carbocycles. The number of amides is 1. The van der Waals surface area contributed by atoms with Crippen molar-refractivity contribution < 1.29 is 27.1 Å². The summed E-state index contributed by atoms with van der Waals surface area (Å²) in [5, 5.41) is 2.52. The fourth-order valence-corrected chi connectivity index (χ4v) is 2.83. The van der Waals surface area contributed by atoms with Crippen molar-refractivity contribution in [1.29, 1.82) is 0 Å². The maximum atomic E-state index is 13.2. The van der Waals surface area contributed by atoms with Crippen molar-refractivity contribution in [2.24, 2.45) is 0 Å². The number of ether oxygens (including phenoxy) is 1. The quantitative estimate of drug-likeness (QED) is 0.390. The average Bonchev–Trinajstić information content (AvgIpc) is 3.23. The highest BCUT2D eigenvalue weighted by molar-refractivity contribution is 6.06. The monoisotopic (exact) mass is 442 g/mol. The Labute approximate surface area is 178 Å². The van der Waals surface area contributed by atoms with Gasteiger partial charge in [-0.2, -0.15) is 13.2 Å². The molecule has 1 amide bonds. The molecule has 0 radical (unpaired) electrons. The van der Waals surface area contributed by atoms with Crippen molar-refractivity contribution in [2.45, 2.75) is 6.18 Å². The number of carbonyl (C=O) groups excluding carboxylic acids is 1. The van der Waals surface area contributed by atoms with E-state index in [9.17, 15) is 22.4 Å². The Hall–Kier alpha value is -4.21. The molecule has 0 atom stereocenters. The Morgan fingerprint density at radius 2 is 1.53 bits per heavy atom. The third-order valence-electron chi connectivity index (χ3n) is 4.31. The number of nitrogens with zero attached hydrogens (tertiary/aromatic N) is 2. The van der Waals surface area contributed by atoms with Gasteiger partial charge in [-0.15, -0.1) is 0 Å². The van der Waals surface area contributed by atoms with E-state index in [-0.39, 0.29) is 11.3 Å². The van der Waals surface area contributed by atoms with Crippen molar-refractivity contribution in [3.05, 3.63) is 90.4 Å². The second kappa shape index (κ2) is 8.50. The summed E-state index contributed by atoms with van der Waals surface area (Å²) >= 11 is 0. The van der Waals surface area contributed by atoms with Crippen LogP contribution in [0.25, 0.3) is 11.3 Å². The highest BCUT2D eigenvalue weighted by atomic mass is 19.4. The number of hydrogen-bond acceptors (Lipinski definition) is 4. The van der Waals surface area contributed by atoms with Crippen LogP contribution >= 0.6 is 0 Å². The van der Waals surface area contributed by atoms with Gasteiger partial charge in [-0.3, -0.25) is 9.78 Å². The maximum Gasteiger partial charge on any atom is 0.449 e. The van der Waals surface area contributed by atoms with E-state index in [0.717, 1.165) is 12.1 Å². The van der Waals surface area contributed by atoms with Gasteiger partial charge in [0, 0.05) is 23.6 Å². The molecule has 0 spiro atoms. The number of rotatable bonds is 5. The number of nitrogens with one attached hydrogen (secondary N) is 2. The van der Waals surface area contributed by atoms with E-state index in [1.54, 1.807) is 36.7 Å². The first-order valence-corrected chi connectivity index (χ1v) is 9.22. The largest absolute Gasteiger partial charge is 0.457 e. The van der Waals surface area contributed by atoms with Crippen LogP contribution in [0, 0.1) is 5.82 Å². The number of aromatic amines is 1. The Kier molecular flexibility index (Phi) is 5.59. The molecule has 0 aliphatic rings. The van der Waals surface area contributed by atoms with Crippen LogP contribution in [0.2, 0.25) is 0 Å². The molecular formula is C22H14F4N4O2. The number of carbonyl (C=O) groups is 1. The minimum Gasteiger partial charge on any atom is -0.457 e. The number of benzene rings is 2. The molecule has 162 valence electrons. The van der Waals surface area contributed by atoms with Gasteiger partial charge in [0.05, 0.1) is 0 Å². The van der Waals surface area contributed by atoms with Gasteiger partial charge < -0.3 is 15.0 Å². The van der Waals surface area contributed by atoms with Crippen LogP contribution in [0.4, 0.5) is 23.2 Å². The van der Waals surface area contributed by atoms with Crippen molar-refractivity contribution in [3.8, 4) is 22.8 Å². The molecule has 0 aliphatic heterocycles. The van der Waals surface area contributed by atoms with Gasteiger partial charge in [0.2, 0.25) is 5.82 Å². The van der Waals surface area contributed by atoms with Crippen LogP contribution in [-0.2, 0) is 6.18 Å². The van der Waals surface area contributed by atoms with Crippen LogP contribution in [0.15, 0.2) is 73.1 Å². The summed E-state index contributed by atoms with van der Waals surface area (Å²) in [5.41, 5.74) is -0.164. The summed E-state index contributed by atoms with van der Waals surface area (Å²) in [7, 11) is 0. The Balaban J connectivity index is 1.57. The molecule has 32 heavy (non-hydrogen) atoms. The molecule has 2 heterocycles. The first kappa shape index (κ1) is 21.0. The zero-order chi connectivity index (χ0) is 22.7. The van der Waals surface area contributed by atoms with E-state index in [1.165, 1.54) is 24.3 Å². The summed E-state index contributed by atoms with van der Waals surface area (Å²) in [6, 6.07) is 14.2.